The molecule has 0 spiro atoms. The minimum absolute atomic E-state index is 0.180. The number of nitrogens with one attached hydrogen (secondary N) is 2. The SMILES string of the molecule is CCNc1ccc(C(=O)Nc2cnccn2)c(C)c1. The van der Waals surface area contributed by atoms with E-state index in [1.54, 1.807) is 12.3 Å². The Morgan fingerprint density at radius 3 is 2.79 bits per heavy atom. The van der Waals surface area contributed by atoms with Gasteiger partial charge in [-0.25, -0.2) is 4.98 Å². The maximum absolute atomic E-state index is 12.1. The Kier molecular flexibility index (Phi) is 4.07. The van der Waals surface area contributed by atoms with Crippen LogP contribution in [0.3, 0.4) is 0 Å². The summed E-state index contributed by atoms with van der Waals surface area (Å²) in [6, 6.07) is 5.65. The Morgan fingerprint density at radius 1 is 1.32 bits per heavy atom. The Balaban J connectivity index is 2.15. The van der Waals surface area contributed by atoms with Gasteiger partial charge in [0.15, 0.2) is 5.82 Å². The quantitative estimate of drug-likeness (QED) is 0.881. The third kappa shape index (κ3) is 3.28. The first-order chi connectivity index (χ1) is 9.20. The number of anilines is 2. The van der Waals surface area contributed by atoms with Gasteiger partial charge in [-0.05, 0) is 37.6 Å². The molecule has 19 heavy (non-hydrogen) atoms. The van der Waals surface area contributed by atoms with Gasteiger partial charge in [0.05, 0.1) is 6.20 Å². The van der Waals surface area contributed by atoms with Crippen LogP contribution in [-0.2, 0) is 0 Å². The fourth-order valence-electron chi connectivity index (χ4n) is 1.78. The molecule has 1 heterocycles. The molecule has 2 rings (SSSR count). The highest BCUT2D eigenvalue weighted by Crippen LogP contribution is 2.16. The van der Waals surface area contributed by atoms with Crippen LogP contribution in [0.5, 0.6) is 0 Å². The first kappa shape index (κ1) is 13.0. The topological polar surface area (TPSA) is 66.9 Å². The molecular weight excluding hydrogens is 240 g/mol. The highest BCUT2D eigenvalue weighted by Gasteiger charge is 2.10. The number of amides is 1. The molecule has 0 unspecified atom stereocenters. The van der Waals surface area contributed by atoms with Crippen LogP contribution in [0.2, 0.25) is 0 Å². The summed E-state index contributed by atoms with van der Waals surface area (Å²) in [4.78, 5) is 20.0. The number of benzene rings is 1. The zero-order valence-electron chi connectivity index (χ0n) is 11.0. The van der Waals surface area contributed by atoms with Crippen LogP contribution in [0.4, 0.5) is 11.5 Å². The van der Waals surface area contributed by atoms with Gasteiger partial charge in [-0.3, -0.25) is 9.78 Å². The molecule has 0 bridgehead atoms. The van der Waals surface area contributed by atoms with Crippen molar-refractivity contribution in [1.82, 2.24) is 9.97 Å². The molecule has 98 valence electrons. The van der Waals surface area contributed by atoms with Crippen molar-refractivity contribution in [2.24, 2.45) is 0 Å². The van der Waals surface area contributed by atoms with E-state index in [1.165, 1.54) is 12.4 Å². The summed E-state index contributed by atoms with van der Waals surface area (Å²) >= 11 is 0. The maximum Gasteiger partial charge on any atom is 0.257 e. The molecule has 0 aliphatic heterocycles. The van der Waals surface area contributed by atoms with E-state index in [-0.39, 0.29) is 5.91 Å². The van der Waals surface area contributed by atoms with E-state index >= 15 is 0 Å². The number of nitrogens with zero attached hydrogens (tertiary/aromatic N) is 2. The Labute approximate surface area is 112 Å². The summed E-state index contributed by atoms with van der Waals surface area (Å²) in [5.41, 5.74) is 2.56. The highest BCUT2D eigenvalue weighted by atomic mass is 16.1. The number of hydrogen-bond donors (Lipinski definition) is 2. The number of carbonyl (C=O) groups excluding carboxylic acids is 1. The van der Waals surface area contributed by atoms with Crippen molar-refractivity contribution < 1.29 is 4.79 Å². The first-order valence-corrected chi connectivity index (χ1v) is 6.12. The van der Waals surface area contributed by atoms with Gasteiger partial charge in [0.25, 0.3) is 5.91 Å². The molecule has 5 heteroatoms. The van der Waals surface area contributed by atoms with Crippen LogP contribution in [-0.4, -0.2) is 22.4 Å². The highest BCUT2D eigenvalue weighted by molar-refractivity contribution is 6.04. The second kappa shape index (κ2) is 5.95. The van der Waals surface area contributed by atoms with E-state index in [4.69, 9.17) is 0 Å². The molecule has 1 amide bonds. The van der Waals surface area contributed by atoms with Gasteiger partial charge in [0.1, 0.15) is 0 Å². The number of rotatable bonds is 4. The lowest BCUT2D eigenvalue weighted by Gasteiger charge is -2.09. The van der Waals surface area contributed by atoms with Crippen molar-refractivity contribution in [3.8, 4) is 0 Å². The minimum atomic E-state index is -0.180. The van der Waals surface area contributed by atoms with Crippen LogP contribution >= 0.6 is 0 Å². The van der Waals surface area contributed by atoms with Gasteiger partial charge in [0.2, 0.25) is 0 Å². The average Bonchev–Trinajstić information content (AvgIpc) is 2.40. The Morgan fingerprint density at radius 2 is 2.16 bits per heavy atom. The summed E-state index contributed by atoms with van der Waals surface area (Å²) < 4.78 is 0. The predicted molar refractivity (Wildman–Crippen MR) is 75.3 cm³/mol. The molecule has 0 saturated carbocycles. The summed E-state index contributed by atoms with van der Waals surface area (Å²) in [5, 5.41) is 5.93. The number of aromatic nitrogens is 2. The van der Waals surface area contributed by atoms with Crippen LogP contribution in [0.25, 0.3) is 0 Å². The summed E-state index contributed by atoms with van der Waals surface area (Å²) in [5.74, 6) is 0.267. The standard InChI is InChI=1S/C14H16N4O/c1-3-16-11-4-5-12(10(2)8-11)14(19)18-13-9-15-6-7-17-13/h4-9,16H,3H2,1-2H3,(H,17,18,19). The normalized spacial score (nSPS) is 10.0. The minimum Gasteiger partial charge on any atom is -0.385 e. The van der Waals surface area contributed by atoms with Crippen LogP contribution in [0, 0.1) is 6.92 Å². The van der Waals surface area contributed by atoms with E-state index in [0.29, 0.717) is 11.4 Å². The zero-order valence-corrected chi connectivity index (χ0v) is 11.0. The van der Waals surface area contributed by atoms with Crippen LogP contribution < -0.4 is 10.6 Å². The Bertz CT molecular complexity index is 569. The molecule has 0 fully saturated rings. The molecule has 0 aliphatic carbocycles. The molecule has 0 aliphatic rings. The van der Waals surface area contributed by atoms with Crippen LogP contribution in [0.15, 0.2) is 36.8 Å². The summed E-state index contributed by atoms with van der Waals surface area (Å²) in [6.45, 7) is 4.79. The molecule has 2 N–H and O–H groups in total. The molecule has 0 radical (unpaired) electrons. The third-order valence-electron chi connectivity index (χ3n) is 2.66. The molecular formula is C14H16N4O. The molecule has 5 nitrogen and oxygen atoms in total. The summed E-state index contributed by atoms with van der Waals surface area (Å²) in [6.07, 6.45) is 4.61. The summed E-state index contributed by atoms with van der Waals surface area (Å²) in [7, 11) is 0. The maximum atomic E-state index is 12.1. The first-order valence-electron chi connectivity index (χ1n) is 6.12. The lowest BCUT2D eigenvalue weighted by Crippen LogP contribution is -2.14. The fraction of sp³-hybridized carbons (Fsp3) is 0.214. The number of hydrogen-bond acceptors (Lipinski definition) is 4. The van der Waals surface area contributed by atoms with Crippen molar-refractivity contribution in [3.63, 3.8) is 0 Å². The van der Waals surface area contributed by atoms with Gasteiger partial charge < -0.3 is 10.6 Å². The fourth-order valence-corrected chi connectivity index (χ4v) is 1.78. The van der Waals surface area contributed by atoms with Gasteiger partial charge >= 0.3 is 0 Å². The second-order valence-corrected chi connectivity index (χ2v) is 4.10. The van der Waals surface area contributed by atoms with E-state index in [0.717, 1.165) is 17.8 Å². The number of carbonyl (C=O) groups is 1. The van der Waals surface area contributed by atoms with Crippen molar-refractivity contribution in [2.75, 3.05) is 17.2 Å². The lowest BCUT2D eigenvalue weighted by atomic mass is 10.1. The van der Waals surface area contributed by atoms with E-state index < -0.39 is 0 Å². The van der Waals surface area contributed by atoms with E-state index in [9.17, 15) is 4.79 Å². The van der Waals surface area contributed by atoms with E-state index in [1.807, 2.05) is 26.0 Å². The predicted octanol–water partition coefficient (Wildman–Crippen LogP) is 2.47. The third-order valence-corrected chi connectivity index (χ3v) is 2.66. The zero-order chi connectivity index (χ0) is 13.7. The second-order valence-electron chi connectivity index (χ2n) is 4.10. The van der Waals surface area contributed by atoms with Crippen molar-refractivity contribution >= 4 is 17.4 Å². The Hall–Kier alpha value is -2.43. The van der Waals surface area contributed by atoms with Crippen molar-refractivity contribution in [2.45, 2.75) is 13.8 Å². The largest absolute Gasteiger partial charge is 0.385 e. The molecule has 2 aromatic rings. The number of aryl methyl sites for hydroxylation is 1. The average molecular weight is 256 g/mol. The molecule has 0 atom stereocenters. The van der Waals surface area contributed by atoms with Gasteiger partial charge in [0, 0.05) is 30.2 Å². The monoisotopic (exact) mass is 256 g/mol. The van der Waals surface area contributed by atoms with Crippen molar-refractivity contribution in [1.29, 1.82) is 0 Å². The van der Waals surface area contributed by atoms with Crippen molar-refractivity contribution in [3.05, 3.63) is 47.9 Å². The van der Waals surface area contributed by atoms with E-state index in [2.05, 4.69) is 20.6 Å². The lowest BCUT2D eigenvalue weighted by molar-refractivity contribution is 0.102. The molecule has 1 aromatic carbocycles. The smallest absolute Gasteiger partial charge is 0.257 e. The molecule has 1 aromatic heterocycles. The van der Waals surface area contributed by atoms with Gasteiger partial charge in [-0.1, -0.05) is 0 Å². The van der Waals surface area contributed by atoms with Crippen LogP contribution in [0.1, 0.15) is 22.8 Å². The van der Waals surface area contributed by atoms with Gasteiger partial charge in [-0.2, -0.15) is 0 Å². The molecule has 0 saturated heterocycles. The van der Waals surface area contributed by atoms with Gasteiger partial charge in [-0.15, -0.1) is 0 Å².